The molecule has 0 radical (unpaired) electrons. The van der Waals surface area contributed by atoms with Crippen molar-refractivity contribution in [1.82, 2.24) is 4.98 Å². The topological polar surface area (TPSA) is 52.0 Å². The summed E-state index contributed by atoms with van der Waals surface area (Å²) >= 11 is 1.60. The van der Waals surface area contributed by atoms with Crippen LogP contribution in [0, 0.1) is 13.8 Å². The van der Waals surface area contributed by atoms with Crippen molar-refractivity contribution in [3.63, 3.8) is 0 Å². The Kier molecular flexibility index (Phi) is 2.82. The number of aromatic nitrogens is 1. The maximum atomic E-state index is 6.06. The number of anilines is 1. The number of thiophene rings is 1. The predicted molar refractivity (Wildman–Crippen MR) is 80.6 cm³/mol. The smallest absolute Gasteiger partial charge is 0.230 e. The van der Waals surface area contributed by atoms with Crippen molar-refractivity contribution in [2.45, 2.75) is 27.2 Å². The van der Waals surface area contributed by atoms with Crippen molar-refractivity contribution < 1.29 is 4.42 Å². The van der Waals surface area contributed by atoms with E-state index in [0.717, 1.165) is 33.6 Å². The maximum absolute atomic E-state index is 6.06. The van der Waals surface area contributed by atoms with E-state index in [1.54, 1.807) is 11.3 Å². The Morgan fingerprint density at radius 1 is 1.26 bits per heavy atom. The summed E-state index contributed by atoms with van der Waals surface area (Å²) in [7, 11) is 0. The number of hydrogen-bond acceptors (Lipinski definition) is 4. The van der Waals surface area contributed by atoms with Gasteiger partial charge in [0.05, 0.1) is 10.6 Å². The molecule has 0 aliphatic rings. The van der Waals surface area contributed by atoms with Gasteiger partial charge < -0.3 is 10.2 Å². The van der Waals surface area contributed by atoms with Crippen LogP contribution in [0.25, 0.3) is 22.6 Å². The second-order valence-corrected chi connectivity index (χ2v) is 5.96. The monoisotopic (exact) mass is 272 g/mol. The van der Waals surface area contributed by atoms with Gasteiger partial charge in [0.15, 0.2) is 5.58 Å². The van der Waals surface area contributed by atoms with Gasteiger partial charge in [0.1, 0.15) is 5.52 Å². The summed E-state index contributed by atoms with van der Waals surface area (Å²) in [6.07, 6.45) is 0.979. The number of nitrogens with zero attached hydrogens (tertiary/aromatic N) is 1. The minimum absolute atomic E-state index is 0.622. The van der Waals surface area contributed by atoms with E-state index in [1.165, 1.54) is 10.4 Å². The Hall–Kier alpha value is -1.81. The highest BCUT2D eigenvalue weighted by Gasteiger charge is 2.15. The third-order valence-corrected chi connectivity index (χ3v) is 4.32. The molecule has 0 saturated carbocycles. The molecule has 1 aromatic carbocycles. The summed E-state index contributed by atoms with van der Waals surface area (Å²) in [5.41, 5.74) is 11.0. The van der Waals surface area contributed by atoms with Gasteiger partial charge in [-0.25, -0.2) is 4.98 Å². The zero-order valence-corrected chi connectivity index (χ0v) is 12.1. The summed E-state index contributed by atoms with van der Waals surface area (Å²) < 4.78 is 5.89. The summed E-state index contributed by atoms with van der Waals surface area (Å²) in [5, 5.41) is 0.776. The number of fused-ring (bicyclic) bond motifs is 1. The molecule has 3 aromatic rings. The molecule has 4 heteroatoms. The summed E-state index contributed by atoms with van der Waals surface area (Å²) in [6.45, 7) is 6.22. The Morgan fingerprint density at radius 2 is 2.05 bits per heavy atom. The van der Waals surface area contributed by atoms with Gasteiger partial charge >= 0.3 is 0 Å². The molecule has 2 heterocycles. The molecule has 2 N–H and O–H groups in total. The molecule has 0 saturated heterocycles. The van der Waals surface area contributed by atoms with E-state index in [2.05, 4.69) is 31.0 Å². The van der Waals surface area contributed by atoms with Crippen LogP contribution in [-0.2, 0) is 6.42 Å². The highest BCUT2D eigenvalue weighted by Crippen LogP contribution is 2.36. The van der Waals surface area contributed by atoms with E-state index in [0.29, 0.717) is 5.89 Å². The van der Waals surface area contributed by atoms with Crippen LogP contribution in [0.1, 0.15) is 22.9 Å². The van der Waals surface area contributed by atoms with Crippen molar-refractivity contribution in [1.29, 1.82) is 0 Å². The van der Waals surface area contributed by atoms with E-state index in [4.69, 9.17) is 10.2 Å². The number of oxazole rings is 1. The van der Waals surface area contributed by atoms with Crippen molar-refractivity contribution in [3.8, 4) is 11.5 Å². The van der Waals surface area contributed by atoms with Crippen molar-refractivity contribution in [2.75, 3.05) is 5.73 Å². The van der Waals surface area contributed by atoms with Crippen molar-refractivity contribution >= 4 is 27.4 Å². The standard InChI is InChI=1S/C15H16N2OS/c1-4-10-7-11(14(16)19-10)15-17-12-6-8(2)5-9(3)13(12)18-15/h5-7H,4,16H2,1-3H3. The molecular weight excluding hydrogens is 256 g/mol. The molecule has 0 fully saturated rings. The molecule has 2 aromatic heterocycles. The van der Waals surface area contributed by atoms with Crippen LogP contribution in [0.15, 0.2) is 22.6 Å². The number of rotatable bonds is 2. The lowest BCUT2D eigenvalue weighted by Crippen LogP contribution is -1.82. The van der Waals surface area contributed by atoms with Gasteiger partial charge in [-0.05, 0) is 43.5 Å². The van der Waals surface area contributed by atoms with Gasteiger partial charge in [-0.3, -0.25) is 0 Å². The first-order chi connectivity index (χ1) is 9.08. The lowest BCUT2D eigenvalue weighted by atomic mass is 10.1. The lowest BCUT2D eigenvalue weighted by molar-refractivity contribution is 0.618. The highest BCUT2D eigenvalue weighted by molar-refractivity contribution is 7.16. The molecule has 0 spiro atoms. The van der Waals surface area contributed by atoms with Gasteiger partial charge in [0.2, 0.25) is 5.89 Å². The molecule has 0 aliphatic heterocycles. The zero-order valence-electron chi connectivity index (χ0n) is 11.3. The van der Waals surface area contributed by atoms with Gasteiger partial charge in [0, 0.05) is 4.88 Å². The second-order valence-electron chi connectivity index (χ2n) is 4.79. The first-order valence-electron chi connectivity index (χ1n) is 6.35. The van der Waals surface area contributed by atoms with E-state index in [9.17, 15) is 0 Å². The molecule has 0 amide bonds. The third-order valence-electron chi connectivity index (χ3n) is 3.21. The van der Waals surface area contributed by atoms with E-state index >= 15 is 0 Å². The largest absolute Gasteiger partial charge is 0.436 e. The fourth-order valence-corrected chi connectivity index (χ4v) is 3.15. The van der Waals surface area contributed by atoms with E-state index in [1.807, 2.05) is 13.0 Å². The number of hydrogen-bond donors (Lipinski definition) is 1. The molecule has 0 atom stereocenters. The minimum Gasteiger partial charge on any atom is -0.436 e. The van der Waals surface area contributed by atoms with Crippen LogP contribution in [-0.4, -0.2) is 4.98 Å². The fourth-order valence-electron chi connectivity index (χ4n) is 2.29. The summed E-state index contributed by atoms with van der Waals surface area (Å²) in [6, 6.07) is 6.22. The van der Waals surface area contributed by atoms with E-state index in [-0.39, 0.29) is 0 Å². The van der Waals surface area contributed by atoms with Crippen molar-refractivity contribution in [2.24, 2.45) is 0 Å². The van der Waals surface area contributed by atoms with Crippen LogP contribution >= 0.6 is 11.3 Å². The Labute approximate surface area is 116 Å². The number of nitrogens with two attached hydrogens (primary N) is 1. The Bertz CT molecular complexity index is 755. The normalized spacial score (nSPS) is 11.3. The van der Waals surface area contributed by atoms with Gasteiger partial charge in [-0.1, -0.05) is 13.0 Å². The molecule has 3 rings (SSSR count). The Balaban J connectivity index is 2.20. The van der Waals surface area contributed by atoms with Crippen LogP contribution in [0.3, 0.4) is 0 Å². The molecule has 98 valence electrons. The van der Waals surface area contributed by atoms with Crippen LogP contribution in [0.4, 0.5) is 5.00 Å². The SMILES string of the molecule is CCc1cc(-c2nc3cc(C)cc(C)c3o2)c(N)s1. The summed E-state index contributed by atoms with van der Waals surface area (Å²) in [5.74, 6) is 0.622. The molecule has 0 aliphatic carbocycles. The first-order valence-corrected chi connectivity index (χ1v) is 7.16. The molecule has 0 bridgehead atoms. The Morgan fingerprint density at radius 3 is 2.74 bits per heavy atom. The first kappa shape index (κ1) is 12.2. The number of aryl methyl sites for hydroxylation is 3. The van der Waals surface area contributed by atoms with Gasteiger partial charge in [-0.2, -0.15) is 0 Å². The highest BCUT2D eigenvalue weighted by atomic mass is 32.1. The van der Waals surface area contributed by atoms with Gasteiger partial charge in [-0.15, -0.1) is 11.3 Å². The average molecular weight is 272 g/mol. The van der Waals surface area contributed by atoms with Crippen LogP contribution < -0.4 is 5.73 Å². The second kappa shape index (κ2) is 4.38. The number of nitrogen functional groups attached to an aromatic ring is 1. The molecule has 3 nitrogen and oxygen atoms in total. The van der Waals surface area contributed by atoms with E-state index < -0.39 is 0 Å². The van der Waals surface area contributed by atoms with Gasteiger partial charge in [0.25, 0.3) is 0 Å². The zero-order chi connectivity index (χ0) is 13.6. The molecular formula is C15H16N2OS. The third kappa shape index (κ3) is 2.02. The van der Waals surface area contributed by atoms with Crippen LogP contribution in [0.5, 0.6) is 0 Å². The average Bonchev–Trinajstić information content (AvgIpc) is 2.92. The number of benzene rings is 1. The quantitative estimate of drug-likeness (QED) is 0.756. The minimum atomic E-state index is 0.622. The maximum Gasteiger partial charge on any atom is 0.230 e. The predicted octanol–water partition coefficient (Wildman–Crippen LogP) is 4.32. The molecule has 19 heavy (non-hydrogen) atoms. The molecule has 0 unspecified atom stereocenters. The van der Waals surface area contributed by atoms with Crippen molar-refractivity contribution in [3.05, 3.63) is 34.2 Å². The van der Waals surface area contributed by atoms with Crippen LogP contribution in [0.2, 0.25) is 0 Å². The lowest BCUT2D eigenvalue weighted by Gasteiger charge is -1.95. The summed E-state index contributed by atoms with van der Waals surface area (Å²) in [4.78, 5) is 5.83. The fraction of sp³-hybridized carbons (Fsp3) is 0.267.